The van der Waals surface area contributed by atoms with Crippen LogP contribution in [0.25, 0.3) is 0 Å². The van der Waals surface area contributed by atoms with Gasteiger partial charge in [0.2, 0.25) is 0 Å². The lowest BCUT2D eigenvalue weighted by molar-refractivity contribution is 0.446. The first-order valence-electron chi connectivity index (χ1n) is 5.50. The van der Waals surface area contributed by atoms with Crippen molar-refractivity contribution in [2.45, 2.75) is 39.7 Å². The van der Waals surface area contributed by atoms with Gasteiger partial charge in [0.25, 0.3) is 0 Å². The van der Waals surface area contributed by atoms with Crippen molar-refractivity contribution in [1.29, 1.82) is 0 Å². The number of hydrogen-bond donors (Lipinski definition) is 1. The summed E-state index contributed by atoms with van der Waals surface area (Å²) in [6, 6.07) is 4.83. The first-order valence-corrected chi connectivity index (χ1v) is 6.38. The maximum Gasteiger partial charge on any atom is 0.0386 e. The molecule has 0 aliphatic rings. The molecule has 0 saturated heterocycles. The minimum absolute atomic E-state index is 0.509. The summed E-state index contributed by atoms with van der Waals surface area (Å²) in [6.45, 7) is 7.94. The maximum absolute atomic E-state index is 3.58. The van der Waals surface area contributed by atoms with Crippen LogP contribution >= 0.6 is 11.3 Å². The number of hydrogen-bond acceptors (Lipinski definition) is 2. The number of nitrogens with one attached hydrogen (secondary N) is 1. The van der Waals surface area contributed by atoms with Gasteiger partial charge in [-0.05, 0) is 37.3 Å². The first kappa shape index (κ1) is 11.7. The van der Waals surface area contributed by atoms with E-state index >= 15 is 0 Å². The summed E-state index contributed by atoms with van der Waals surface area (Å²) in [6.07, 6.45) is 2.61. The van der Waals surface area contributed by atoms with Crippen LogP contribution in [0.1, 0.15) is 44.5 Å². The third-order valence-electron chi connectivity index (χ3n) is 2.52. The topological polar surface area (TPSA) is 12.0 Å². The summed E-state index contributed by atoms with van der Waals surface area (Å²) >= 11 is 1.83. The minimum atomic E-state index is 0.509. The third-order valence-corrected chi connectivity index (χ3v) is 3.58. The molecular formula is C12H21NS. The standard InChI is InChI=1S/C12H21NS/c1-4-6-10(2)9-13-11(3)12-7-5-8-14-12/h5,7-8,10-11,13H,4,6,9H2,1-3H3. The second kappa shape index (κ2) is 6.20. The molecule has 1 rings (SSSR count). The molecule has 0 spiro atoms. The van der Waals surface area contributed by atoms with Crippen LogP contribution in [0.15, 0.2) is 17.5 Å². The van der Waals surface area contributed by atoms with Crippen LogP contribution in [0.3, 0.4) is 0 Å². The van der Waals surface area contributed by atoms with Crippen molar-refractivity contribution >= 4 is 11.3 Å². The van der Waals surface area contributed by atoms with Crippen LogP contribution < -0.4 is 5.32 Å². The minimum Gasteiger partial charge on any atom is -0.309 e. The van der Waals surface area contributed by atoms with Crippen molar-refractivity contribution in [3.8, 4) is 0 Å². The van der Waals surface area contributed by atoms with Gasteiger partial charge >= 0.3 is 0 Å². The Bertz CT molecular complexity index is 230. The van der Waals surface area contributed by atoms with Crippen LogP contribution in [0, 0.1) is 5.92 Å². The molecule has 0 fully saturated rings. The summed E-state index contributed by atoms with van der Waals surface area (Å²) in [5, 5.41) is 5.72. The molecule has 0 saturated carbocycles. The smallest absolute Gasteiger partial charge is 0.0386 e. The zero-order valence-corrected chi connectivity index (χ0v) is 10.2. The Kier molecular flexibility index (Phi) is 5.20. The second-order valence-electron chi connectivity index (χ2n) is 4.04. The summed E-state index contributed by atoms with van der Waals surface area (Å²) in [7, 11) is 0. The molecule has 1 N–H and O–H groups in total. The molecule has 0 bridgehead atoms. The Labute approximate surface area is 91.5 Å². The Morgan fingerprint density at radius 1 is 1.43 bits per heavy atom. The quantitative estimate of drug-likeness (QED) is 0.754. The van der Waals surface area contributed by atoms with E-state index in [1.54, 1.807) is 0 Å². The lowest BCUT2D eigenvalue weighted by Gasteiger charge is -2.16. The van der Waals surface area contributed by atoms with Crippen molar-refractivity contribution in [1.82, 2.24) is 5.32 Å². The van der Waals surface area contributed by atoms with Gasteiger partial charge in [0.05, 0.1) is 0 Å². The van der Waals surface area contributed by atoms with Crippen molar-refractivity contribution < 1.29 is 0 Å². The van der Waals surface area contributed by atoms with Gasteiger partial charge < -0.3 is 5.32 Å². The largest absolute Gasteiger partial charge is 0.309 e. The maximum atomic E-state index is 3.58. The Morgan fingerprint density at radius 2 is 2.21 bits per heavy atom. The van der Waals surface area contributed by atoms with Crippen LogP contribution in [-0.2, 0) is 0 Å². The number of rotatable bonds is 6. The zero-order valence-electron chi connectivity index (χ0n) is 9.42. The number of thiophene rings is 1. The normalized spacial score (nSPS) is 15.4. The van der Waals surface area contributed by atoms with Crippen LogP contribution in [0.2, 0.25) is 0 Å². The summed E-state index contributed by atoms with van der Waals surface area (Å²) in [5.41, 5.74) is 0. The van der Waals surface area contributed by atoms with E-state index in [1.807, 2.05) is 11.3 Å². The van der Waals surface area contributed by atoms with E-state index in [4.69, 9.17) is 0 Å². The van der Waals surface area contributed by atoms with Crippen LogP contribution in [0.4, 0.5) is 0 Å². The summed E-state index contributed by atoms with van der Waals surface area (Å²) in [4.78, 5) is 1.44. The summed E-state index contributed by atoms with van der Waals surface area (Å²) in [5.74, 6) is 0.794. The van der Waals surface area contributed by atoms with Crippen molar-refractivity contribution in [2.75, 3.05) is 6.54 Å². The lowest BCUT2D eigenvalue weighted by atomic mass is 10.1. The molecule has 80 valence electrons. The van der Waals surface area contributed by atoms with E-state index in [0.717, 1.165) is 12.5 Å². The zero-order chi connectivity index (χ0) is 10.4. The average molecular weight is 211 g/mol. The molecule has 1 heterocycles. The monoisotopic (exact) mass is 211 g/mol. The first-order chi connectivity index (χ1) is 6.74. The van der Waals surface area contributed by atoms with E-state index in [1.165, 1.54) is 17.7 Å². The predicted octanol–water partition coefficient (Wildman–Crippen LogP) is 3.83. The molecule has 2 heteroatoms. The fourth-order valence-electron chi connectivity index (χ4n) is 1.61. The molecule has 0 aromatic carbocycles. The van der Waals surface area contributed by atoms with E-state index in [0.29, 0.717) is 6.04 Å². The Hall–Kier alpha value is -0.340. The average Bonchev–Trinajstić information content (AvgIpc) is 2.67. The molecule has 0 aliphatic heterocycles. The molecule has 1 aromatic heterocycles. The second-order valence-corrected chi connectivity index (χ2v) is 5.02. The predicted molar refractivity (Wildman–Crippen MR) is 64.8 cm³/mol. The van der Waals surface area contributed by atoms with E-state index in [9.17, 15) is 0 Å². The van der Waals surface area contributed by atoms with Crippen LogP contribution in [-0.4, -0.2) is 6.54 Å². The van der Waals surface area contributed by atoms with E-state index in [2.05, 4.69) is 43.6 Å². The fourth-order valence-corrected chi connectivity index (χ4v) is 2.37. The van der Waals surface area contributed by atoms with E-state index in [-0.39, 0.29) is 0 Å². The van der Waals surface area contributed by atoms with E-state index < -0.39 is 0 Å². The van der Waals surface area contributed by atoms with Gasteiger partial charge in [-0.3, -0.25) is 0 Å². The molecule has 2 atom stereocenters. The fraction of sp³-hybridized carbons (Fsp3) is 0.667. The van der Waals surface area contributed by atoms with Gasteiger partial charge in [-0.15, -0.1) is 11.3 Å². The van der Waals surface area contributed by atoms with Gasteiger partial charge in [-0.25, -0.2) is 0 Å². The molecule has 0 aliphatic carbocycles. The Balaban J connectivity index is 2.24. The lowest BCUT2D eigenvalue weighted by Crippen LogP contribution is -2.23. The van der Waals surface area contributed by atoms with Crippen molar-refractivity contribution in [3.05, 3.63) is 22.4 Å². The molecule has 1 nitrogen and oxygen atoms in total. The van der Waals surface area contributed by atoms with Crippen LogP contribution in [0.5, 0.6) is 0 Å². The molecule has 0 amide bonds. The molecule has 2 unspecified atom stereocenters. The van der Waals surface area contributed by atoms with Crippen molar-refractivity contribution in [2.24, 2.45) is 5.92 Å². The highest BCUT2D eigenvalue weighted by molar-refractivity contribution is 7.10. The van der Waals surface area contributed by atoms with Gasteiger partial charge in [0.1, 0.15) is 0 Å². The highest BCUT2D eigenvalue weighted by Crippen LogP contribution is 2.18. The third kappa shape index (κ3) is 3.81. The van der Waals surface area contributed by atoms with Gasteiger partial charge in [-0.1, -0.05) is 26.3 Å². The summed E-state index contributed by atoms with van der Waals surface area (Å²) < 4.78 is 0. The van der Waals surface area contributed by atoms with Crippen molar-refractivity contribution in [3.63, 3.8) is 0 Å². The van der Waals surface area contributed by atoms with Gasteiger partial charge in [0, 0.05) is 10.9 Å². The Morgan fingerprint density at radius 3 is 2.79 bits per heavy atom. The SMILES string of the molecule is CCCC(C)CNC(C)c1cccs1. The molecular weight excluding hydrogens is 190 g/mol. The van der Waals surface area contributed by atoms with Gasteiger partial charge in [0.15, 0.2) is 0 Å². The van der Waals surface area contributed by atoms with Gasteiger partial charge in [-0.2, -0.15) is 0 Å². The molecule has 1 aromatic rings. The highest BCUT2D eigenvalue weighted by Gasteiger charge is 2.07. The highest BCUT2D eigenvalue weighted by atomic mass is 32.1. The molecule has 14 heavy (non-hydrogen) atoms. The molecule has 0 radical (unpaired) electrons.